The third-order valence-corrected chi connectivity index (χ3v) is 2.65. The van der Waals surface area contributed by atoms with Crippen molar-refractivity contribution in [2.24, 2.45) is 0 Å². The maximum Gasteiger partial charge on any atom is 0 e. The standard InChI is InChI=1S/C12H14.V.W/c1-3-7-11(8-4-1)12-9-5-2-6-10-12;;/h1,5-6,9-11H,3-4,7-8H2;;/q-2;;. The fourth-order valence-corrected chi connectivity index (χ4v) is 1.93. The summed E-state index contributed by atoms with van der Waals surface area (Å²) in [4.78, 5) is 0. The van der Waals surface area contributed by atoms with Crippen LogP contribution in [-0.2, 0) is 39.6 Å². The number of hydrogen-bond donors (Lipinski definition) is 0. The predicted molar refractivity (Wildman–Crippen MR) is 50.8 cm³/mol. The average Bonchev–Trinajstić information content (AvgIpc) is 2.21. The molecule has 1 aromatic rings. The molecule has 0 atom stereocenters. The van der Waals surface area contributed by atoms with E-state index in [1.807, 2.05) is 12.1 Å². The Bertz CT molecular complexity index is 229. The summed E-state index contributed by atoms with van der Waals surface area (Å²) in [6, 6.07) is 11.5. The van der Waals surface area contributed by atoms with Crippen molar-refractivity contribution in [3.8, 4) is 0 Å². The molecule has 1 aromatic carbocycles. The molecule has 0 aliphatic heterocycles. The normalized spacial score (nSPS) is 16.6. The second kappa shape index (κ2) is 7.74. The van der Waals surface area contributed by atoms with E-state index in [-0.39, 0.29) is 39.6 Å². The molecular weight excluding hydrogens is 379 g/mol. The summed E-state index contributed by atoms with van der Waals surface area (Å²) in [6.45, 7) is 0. The van der Waals surface area contributed by atoms with Gasteiger partial charge in [0.05, 0.1) is 0 Å². The van der Waals surface area contributed by atoms with Gasteiger partial charge in [-0.05, 0) is 5.92 Å². The molecule has 1 aliphatic carbocycles. The maximum atomic E-state index is 3.06. The van der Waals surface area contributed by atoms with Gasteiger partial charge in [0.1, 0.15) is 0 Å². The molecule has 0 saturated heterocycles. The van der Waals surface area contributed by atoms with Gasteiger partial charge in [0.2, 0.25) is 0 Å². The first kappa shape index (κ1) is 14.5. The second-order valence-electron chi connectivity index (χ2n) is 3.47. The van der Waals surface area contributed by atoms with E-state index in [1.165, 1.54) is 31.2 Å². The average molecular weight is 393 g/mol. The van der Waals surface area contributed by atoms with Gasteiger partial charge in [-0.25, -0.2) is 0 Å². The molecule has 1 radical (unpaired) electrons. The van der Waals surface area contributed by atoms with Crippen molar-refractivity contribution in [1.29, 1.82) is 0 Å². The molecular formula is C12H14VW-2. The van der Waals surface area contributed by atoms with Crippen LogP contribution in [0.4, 0.5) is 0 Å². The number of rotatable bonds is 1. The molecule has 14 heavy (non-hydrogen) atoms. The van der Waals surface area contributed by atoms with E-state index in [0.717, 1.165) is 5.92 Å². The Balaban J connectivity index is 0.000000845. The number of benzene rings is 1. The molecule has 1 fully saturated rings. The third kappa shape index (κ3) is 3.93. The predicted octanol–water partition coefficient (Wildman–Crippen LogP) is 3.34. The van der Waals surface area contributed by atoms with Gasteiger partial charge in [-0.2, -0.15) is 48.7 Å². The van der Waals surface area contributed by atoms with E-state index in [1.54, 1.807) is 0 Å². The summed E-state index contributed by atoms with van der Waals surface area (Å²) in [6.07, 6.45) is 7.67. The SMILES string of the molecule is [V].[W].[c-]1ccc(C2CC[CH-]CC2)cc1. The first-order valence-corrected chi connectivity index (χ1v) is 4.74. The van der Waals surface area contributed by atoms with E-state index in [0.29, 0.717) is 0 Å². The quantitative estimate of drug-likeness (QED) is 0.643. The van der Waals surface area contributed by atoms with Crippen LogP contribution in [0.5, 0.6) is 0 Å². The summed E-state index contributed by atoms with van der Waals surface area (Å²) < 4.78 is 0. The summed E-state index contributed by atoms with van der Waals surface area (Å²) >= 11 is 0. The Morgan fingerprint density at radius 1 is 1.14 bits per heavy atom. The molecule has 0 spiro atoms. The Morgan fingerprint density at radius 3 is 2.29 bits per heavy atom. The molecule has 0 nitrogen and oxygen atoms in total. The van der Waals surface area contributed by atoms with E-state index in [2.05, 4.69) is 24.6 Å². The van der Waals surface area contributed by atoms with Gasteiger partial charge in [0.25, 0.3) is 0 Å². The smallest absolute Gasteiger partial charge is 0 e. The molecule has 0 amide bonds. The van der Waals surface area contributed by atoms with E-state index >= 15 is 0 Å². The summed E-state index contributed by atoms with van der Waals surface area (Å²) in [5, 5.41) is 0. The molecule has 0 unspecified atom stereocenters. The molecule has 1 aliphatic rings. The van der Waals surface area contributed by atoms with E-state index in [4.69, 9.17) is 0 Å². The fraction of sp³-hybridized carbons (Fsp3) is 0.417. The van der Waals surface area contributed by atoms with Crippen LogP contribution in [0.25, 0.3) is 0 Å². The first-order chi connectivity index (χ1) is 5.97. The molecule has 1 saturated carbocycles. The Labute approximate surface area is 113 Å². The van der Waals surface area contributed by atoms with Crippen LogP contribution in [0.3, 0.4) is 0 Å². The fourth-order valence-electron chi connectivity index (χ4n) is 1.93. The van der Waals surface area contributed by atoms with Crippen molar-refractivity contribution in [2.75, 3.05) is 0 Å². The van der Waals surface area contributed by atoms with E-state index in [9.17, 15) is 0 Å². The zero-order valence-electron chi connectivity index (χ0n) is 8.15. The minimum atomic E-state index is 0. The summed E-state index contributed by atoms with van der Waals surface area (Å²) in [7, 11) is 0. The summed E-state index contributed by atoms with van der Waals surface area (Å²) in [5.41, 5.74) is 1.50. The van der Waals surface area contributed by atoms with Crippen molar-refractivity contribution >= 4 is 0 Å². The van der Waals surface area contributed by atoms with Crippen LogP contribution in [0.2, 0.25) is 0 Å². The van der Waals surface area contributed by atoms with Crippen molar-refractivity contribution in [3.63, 3.8) is 0 Å². The van der Waals surface area contributed by atoms with Crippen LogP contribution in [0.15, 0.2) is 24.3 Å². The molecule has 0 heterocycles. The van der Waals surface area contributed by atoms with Gasteiger partial charge < -0.3 is 6.42 Å². The zero-order chi connectivity index (χ0) is 8.23. The van der Waals surface area contributed by atoms with Gasteiger partial charge in [-0.15, -0.1) is 0 Å². The van der Waals surface area contributed by atoms with Crippen LogP contribution in [-0.4, -0.2) is 0 Å². The minimum Gasteiger partial charge on any atom is -0.328 e. The van der Waals surface area contributed by atoms with Crippen molar-refractivity contribution in [1.82, 2.24) is 0 Å². The van der Waals surface area contributed by atoms with Crippen LogP contribution in [0.1, 0.15) is 37.2 Å². The largest absolute Gasteiger partial charge is 0.328 e. The Kier molecular flexibility index (Phi) is 8.01. The van der Waals surface area contributed by atoms with Gasteiger partial charge in [-0.3, -0.25) is 0 Å². The molecule has 2 heteroatoms. The van der Waals surface area contributed by atoms with Gasteiger partial charge in [0, 0.05) is 39.6 Å². The van der Waals surface area contributed by atoms with Crippen molar-refractivity contribution < 1.29 is 39.6 Å². The summed E-state index contributed by atoms with van der Waals surface area (Å²) in [5.74, 6) is 0.810. The second-order valence-corrected chi connectivity index (χ2v) is 3.47. The van der Waals surface area contributed by atoms with Crippen molar-refractivity contribution in [2.45, 2.75) is 31.6 Å². The minimum absolute atomic E-state index is 0. The van der Waals surface area contributed by atoms with Gasteiger partial charge in [-0.1, -0.05) is 12.8 Å². The zero-order valence-corrected chi connectivity index (χ0v) is 12.5. The van der Waals surface area contributed by atoms with E-state index < -0.39 is 0 Å². The first-order valence-electron chi connectivity index (χ1n) is 4.74. The third-order valence-electron chi connectivity index (χ3n) is 2.65. The topological polar surface area (TPSA) is 0 Å². The molecule has 0 aromatic heterocycles. The molecule has 2 rings (SSSR count). The van der Waals surface area contributed by atoms with Gasteiger partial charge >= 0.3 is 0 Å². The molecule has 0 bridgehead atoms. The Morgan fingerprint density at radius 2 is 1.71 bits per heavy atom. The monoisotopic (exact) mass is 393 g/mol. The Hall–Kier alpha value is 0.493. The van der Waals surface area contributed by atoms with Crippen LogP contribution < -0.4 is 0 Å². The van der Waals surface area contributed by atoms with Gasteiger partial charge in [0.15, 0.2) is 0 Å². The molecule has 0 N–H and O–H groups in total. The maximum absolute atomic E-state index is 3.06. The number of hydrogen-bond acceptors (Lipinski definition) is 0. The van der Waals surface area contributed by atoms with Crippen LogP contribution in [0, 0.1) is 12.5 Å². The van der Waals surface area contributed by atoms with Crippen LogP contribution >= 0.6 is 0 Å². The molecule has 75 valence electrons. The van der Waals surface area contributed by atoms with Crippen molar-refractivity contribution in [3.05, 3.63) is 42.3 Å².